The highest BCUT2D eigenvalue weighted by Crippen LogP contribution is 2.38. The molecule has 2 amide bonds. The van der Waals surface area contributed by atoms with Crippen LogP contribution in [-0.2, 0) is 15.8 Å². The number of alkyl halides is 3. The van der Waals surface area contributed by atoms with Crippen molar-refractivity contribution in [3.05, 3.63) is 23.0 Å². The van der Waals surface area contributed by atoms with E-state index in [4.69, 9.17) is 4.52 Å². The minimum atomic E-state index is -4.57. The highest BCUT2D eigenvalue weighted by Gasteiger charge is 2.38. The Labute approximate surface area is 171 Å². The summed E-state index contributed by atoms with van der Waals surface area (Å²) in [6.07, 6.45) is -2.13. The summed E-state index contributed by atoms with van der Waals surface area (Å²) in [6, 6.07) is 0.482. The van der Waals surface area contributed by atoms with Crippen LogP contribution in [0.1, 0.15) is 55.5 Å². The molecule has 30 heavy (non-hydrogen) atoms. The van der Waals surface area contributed by atoms with Crippen LogP contribution in [0.2, 0.25) is 0 Å². The van der Waals surface area contributed by atoms with Gasteiger partial charge >= 0.3 is 6.18 Å². The molecule has 10 heteroatoms. The summed E-state index contributed by atoms with van der Waals surface area (Å²) in [6.45, 7) is 4.48. The number of rotatable bonds is 3. The van der Waals surface area contributed by atoms with E-state index in [1.54, 1.807) is 16.7 Å². The van der Waals surface area contributed by atoms with Crippen molar-refractivity contribution in [2.45, 2.75) is 57.7 Å². The van der Waals surface area contributed by atoms with Crippen LogP contribution in [0.4, 0.5) is 13.2 Å². The van der Waals surface area contributed by atoms with Gasteiger partial charge in [0.25, 0.3) is 5.71 Å². The molecule has 0 radical (unpaired) electrons. The number of fused-ring (bicyclic) bond motifs is 1. The number of likely N-dealkylation sites (tertiary alicyclic amines) is 2. The number of hydrogen-bond donors (Lipinski definition) is 0. The minimum Gasteiger partial charge on any atom is -0.340 e. The zero-order valence-electron chi connectivity index (χ0n) is 16.8. The standard InChI is InChI=1S/C20H23F3N4O3/c1-11-17-14(20(21,22)23)9-15(24-18(17)30-25-11)13-5-3-7-26(10-13)19(29)12(2)27-8-4-6-16(27)28/h9,12-13H,3-8,10H2,1-2H3/t12-,13+/m1/s1. The number of halogens is 3. The van der Waals surface area contributed by atoms with Crippen LogP contribution in [0.25, 0.3) is 11.1 Å². The molecule has 7 nitrogen and oxygen atoms in total. The molecule has 2 fully saturated rings. The van der Waals surface area contributed by atoms with E-state index in [-0.39, 0.29) is 46.8 Å². The van der Waals surface area contributed by atoms with Crippen LogP contribution in [0.5, 0.6) is 0 Å². The maximum absolute atomic E-state index is 13.6. The molecule has 0 aliphatic carbocycles. The number of nitrogens with zero attached hydrogens (tertiary/aromatic N) is 4. The quantitative estimate of drug-likeness (QED) is 0.756. The smallest absolute Gasteiger partial charge is 0.340 e. The van der Waals surface area contributed by atoms with Crippen molar-refractivity contribution in [3.63, 3.8) is 0 Å². The first-order valence-corrected chi connectivity index (χ1v) is 10.1. The van der Waals surface area contributed by atoms with Gasteiger partial charge in [0.1, 0.15) is 6.04 Å². The lowest BCUT2D eigenvalue weighted by Gasteiger charge is -2.36. The Balaban J connectivity index is 1.60. The maximum Gasteiger partial charge on any atom is 0.417 e. The van der Waals surface area contributed by atoms with Gasteiger partial charge in [-0.1, -0.05) is 5.16 Å². The van der Waals surface area contributed by atoms with E-state index in [2.05, 4.69) is 10.1 Å². The van der Waals surface area contributed by atoms with Crippen LogP contribution < -0.4 is 0 Å². The normalized spacial score (nSPS) is 21.5. The first-order chi connectivity index (χ1) is 14.2. The number of pyridine rings is 1. The summed E-state index contributed by atoms with van der Waals surface area (Å²) >= 11 is 0. The van der Waals surface area contributed by atoms with Crippen LogP contribution in [-0.4, -0.2) is 57.4 Å². The molecule has 4 rings (SSSR count). The van der Waals surface area contributed by atoms with Gasteiger partial charge in [0.2, 0.25) is 11.8 Å². The van der Waals surface area contributed by atoms with E-state index in [1.807, 2.05) is 0 Å². The summed E-state index contributed by atoms with van der Waals surface area (Å²) in [4.78, 5) is 32.4. The molecule has 0 aromatic carbocycles. The number of aryl methyl sites for hydroxylation is 1. The van der Waals surface area contributed by atoms with Gasteiger partial charge in [-0.2, -0.15) is 13.2 Å². The number of piperidine rings is 1. The molecular weight excluding hydrogens is 401 g/mol. The summed E-state index contributed by atoms with van der Waals surface area (Å²) in [5.74, 6) is -0.560. The van der Waals surface area contributed by atoms with Crippen LogP contribution >= 0.6 is 0 Å². The molecule has 0 saturated carbocycles. The van der Waals surface area contributed by atoms with E-state index in [1.165, 1.54) is 6.92 Å². The third kappa shape index (κ3) is 3.63. The molecule has 0 N–H and O–H groups in total. The molecule has 4 heterocycles. The van der Waals surface area contributed by atoms with E-state index in [0.29, 0.717) is 32.4 Å². The molecular formula is C20H23F3N4O3. The van der Waals surface area contributed by atoms with Gasteiger partial charge in [0.05, 0.1) is 22.3 Å². The summed E-state index contributed by atoms with van der Waals surface area (Å²) in [7, 11) is 0. The zero-order valence-corrected chi connectivity index (χ0v) is 16.8. The molecule has 2 aromatic rings. The fourth-order valence-corrected chi connectivity index (χ4v) is 4.44. The Morgan fingerprint density at radius 3 is 2.73 bits per heavy atom. The van der Waals surface area contributed by atoms with Crippen molar-refractivity contribution in [1.29, 1.82) is 0 Å². The zero-order chi connectivity index (χ0) is 21.6. The minimum absolute atomic E-state index is 0.0352. The molecule has 0 spiro atoms. The summed E-state index contributed by atoms with van der Waals surface area (Å²) in [5, 5.41) is 3.51. The highest BCUT2D eigenvalue weighted by atomic mass is 19.4. The Hall–Kier alpha value is -2.65. The van der Waals surface area contributed by atoms with Crippen molar-refractivity contribution in [3.8, 4) is 0 Å². The van der Waals surface area contributed by atoms with Crippen molar-refractivity contribution in [1.82, 2.24) is 19.9 Å². The van der Waals surface area contributed by atoms with Gasteiger partial charge in [0, 0.05) is 32.0 Å². The predicted octanol–water partition coefficient (Wildman–Crippen LogP) is 3.27. The molecule has 2 saturated heterocycles. The SMILES string of the molecule is Cc1noc2nc([C@H]3CCCN(C(=O)[C@@H](C)N4CCCC4=O)C3)cc(C(F)(F)F)c12. The fourth-order valence-electron chi connectivity index (χ4n) is 4.44. The van der Waals surface area contributed by atoms with Gasteiger partial charge in [-0.3, -0.25) is 9.59 Å². The second-order valence-corrected chi connectivity index (χ2v) is 8.03. The number of hydrogen-bond acceptors (Lipinski definition) is 5. The number of amides is 2. The van der Waals surface area contributed by atoms with E-state index >= 15 is 0 Å². The Morgan fingerprint density at radius 2 is 2.07 bits per heavy atom. The van der Waals surface area contributed by atoms with E-state index in [0.717, 1.165) is 12.5 Å². The second-order valence-electron chi connectivity index (χ2n) is 8.03. The molecule has 0 bridgehead atoms. The lowest BCUT2D eigenvalue weighted by atomic mass is 9.92. The Kier molecular flexibility index (Phi) is 5.19. The van der Waals surface area contributed by atoms with Gasteiger partial charge in [0.15, 0.2) is 0 Å². The molecule has 2 aliphatic rings. The van der Waals surface area contributed by atoms with Gasteiger partial charge < -0.3 is 14.3 Å². The van der Waals surface area contributed by atoms with Gasteiger partial charge in [-0.25, -0.2) is 4.98 Å². The van der Waals surface area contributed by atoms with Gasteiger partial charge in [-0.05, 0) is 39.2 Å². The van der Waals surface area contributed by atoms with Gasteiger partial charge in [-0.15, -0.1) is 0 Å². The molecule has 162 valence electrons. The third-order valence-corrected chi connectivity index (χ3v) is 6.03. The monoisotopic (exact) mass is 424 g/mol. The van der Waals surface area contributed by atoms with Crippen molar-refractivity contribution < 1.29 is 27.3 Å². The maximum atomic E-state index is 13.6. The fraction of sp³-hybridized carbons (Fsp3) is 0.600. The van der Waals surface area contributed by atoms with Crippen molar-refractivity contribution in [2.24, 2.45) is 0 Å². The average Bonchev–Trinajstić information content (AvgIpc) is 3.31. The predicted molar refractivity (Wildman–Crippen MR) is 101 cm³/mol. The molecule has 0 unspecified atom stereocenters. The first kappa shape index (κ1) is 20.6. The number of carbonyl (C=O) groups excluding carboxylic acids is 2. The van der Waals surface area contributed by atoms with Crippen LogP contribution in [0, 0.1) is 6.92 Å². The van der Waals surface area contributed by atoms with Crippen LogP contribution in [0.3, 0.4) is 0 Å². The second kappa shape index (κ2) is 7.55. The lowest BCUT2D eigenvalue weighted by molar-refractivity contribution is -0.143. The molecule has 2 aliphatic heterocycles. The number of aromatic nitrogens is 2. The van der Waals surface area contributed by atoms with Crippen molar-refractivity contribution in [2.75, 3.05) is 19.6 Å². The molecule has 2 atom stereocenters. The van der Waals surface area contributed by atoms with Crippen molar-refractivity contribution >= 4 is 22.9 Å². The van der Waals surface area contributed by atoms with E-state index in [9.17, 15) is 22.8 Å². The number of carbonyl (C=O) groups is 2. The first-order valence-electron chi connectivity index (χ1n) is 10.1. The third-order valence-electron chi connectivity index (χ3n) is 6.03. The Morgan fingerprint density at radius 1 is 1.30 bits per heavy atom. The Bertz CT molecular complexity index is 988. The average molecular weight is 424 g/mol. The lowest BCUT2D eigenvalue weighted by Crippen LogP contribution is -2.50. The van der Waals surface area contributed by atoms with Crippen LogP contribution in [0.15, 0.2) is 10.6 Å². The topological polar surface area (TPSA) is 79.5 Å². The summed E-state index contributed by atoms with van der Waals surface area (Å²) in [5.41, 5.74) is -0.577. The molecule has 2 aromatic heterocycles. The largest absolute Gasteiger partial charge is 0.417 e. The highest BCUT2D eigenvalue weighted by molar-refractivity contribution is 5.88. The van der Waals surface area contributed by atoms with E-state index < -0.39 is 17.8 Å². The summed E-state index contributed by atoms with van der Waals surface area (Å²) < 4.78 is 46.0.